The minimum Gasteiger partial charge on any atom is -0.278 e. The third-order valence-corrected chi connectivity index (χ3v) is 4.31. The third kappa shape index (κ3) is 3.13. The van der Waals surface area contributed by atoms with Gasteiger partial charge in [-0.1, -0.05) is 46.8 Å². The molecule has 6 nitrogen and oxygen atoms in total. The van der Waals surface area contributed by atoms with Crippen molar-refractivity contribution >= 4 is 16.7 Å². The van der Waals surface area contributed by atoms with Crippen LogP contribution < -0.4 is 0 Å². The van der Waals surface area contributed by atoms with Crippen molar-refractivity contribution in [2.45, 2.75) is 25.8 Å². The fraction of sp³-hybridized carbons (Fsp3) is 0.333. The van der Waals surface area contributed by atoms with Gasteiger partial charge >= 0.3 is 0 Å². The molecular weight excluding hydrogens is 300 g/mol. The van der Waals surface area contributed by atoms with Crippen LogP contribution in [-0.2, 0) is 6.54 Å². The number of benzene rings is 2. The van der Waals surface area contributed by atoms with Crippen molar-refractivity contribution in [1.29, 1.82) is 0 Å². The maximum atomic E-state index is 4.41. The van der Waals surface area contributed by atoms with Gasteiger partial charge in [-0.05, 0) is 37.0 Å². The number of hydrogen-bond donors (Lipinski definition) is 0. The molecule has 0 radical (unpaired) electrons. The van der Waals surface area contributed by atoms with Crippen molar-refractivity contribution in [3.05, 3.63) is 54.1 Å². The molecular formula is C18H20N6. The quantitative estimate of drug-likeness (QED) is 0.684. The summed E-state index contributed by atoms with van der Waals surface area (Å²) in [4.78, 5) is 0. The molecule has 0 amide bonds. The molecule has 1 saturated heterocycles. The van der Waals surface area contributed by atoms with Crippen LogP contribution in [0, 0.1) is 0 Å². The molecule has 1 fully saturated rings. The zero-order chi connectivity index (χ0) is 16.2. The van der Waals surface area contributed by atoms with Crippen molar-refractivity contribution in [2.24, 2.45) is 10.3 Å². The molecule has 0 N–H and O–H groups in total. The van der Waals surface area contributed by atoms with E-state index in [1.54, 1.807) is 0 Å². The summed E-state index contributed by atoms with van der Waals surface area (Å²) in [5.41, 5.74) is 3.75. The molecule has 24 heavy (non-hydrogen) atoms. The number of hydrogen-bond acceptors (Lipinski definition) is 4. The smallest absolute Gasteiger partial charge is 0.140 e. The lowest BCUT2D eigenvalue weighted by molar-refractivity contribution is 0.224. The zero-order valence-corrected chi connectivity index (χ0v) is 13.5. The van der Waals surface area contributed by atoms with Gasteiger partial charge in [-0.15, -0.1) is 10.2 Å². The van der Waals surface area contributed by atoms with Crippen molar-refractivity contribution in [3.8, 4) is 0 Å². The Bertz CT molecular complexity index is 833. The molecule has 0 saturated carbocycles. The second-order valence-electron chi connectivity index (χ2n) is 6.08. The van der Waals surface area contributed by atoms with E-state index < -0.39 is 0 Å². The summed E-state index contributed by atoms with van der Waals surface area (Å²) in [6.07, 6.45) is 3.67. The number of rotatable bonds is 4. The molecule has 1 aliphatic heterocycles. The van der Waals surface area contributed by atoms with Gasteiger partial charge in [-0.2, -0.15) is 0 Å². The Balaban J connectivity index is 1.60. The van der Waals surface area contributed by atoms with E-state index in [9.17, 15) is 0 Å². The van der Waals surface area contributed by atoms with Gasteiger partial charge in [0, 0.05) is 13.1 Å². The minimum atomic E-state index is 0.698. The predicted molar refractivity (Wildman–Crippen MR) is 93.0 cm³/mol. The molecule has 1 aromatic heterocycles. The van der Waals surface area contributed by atoms with Crippen molar-refractivity contribution in [1.82, 2.24) is 20.0 Å². The first-order valence-corrected chi connectivity index (χ1v) is 8.43. The molecule has 0 unspecified atom stereocenters. The van der Waals surface area contributed by atoms with Gasteiger partial charge < -0.3 is 0 Å². The van der Waals surface area contributed by atoms with Crippen molar-refractivity contribution in [3.63, 3.8) is 0 Å². The zero-order valence-electron chi connectivity index (χ0n) is 13.5. The largest absolute Gasteiger partial charge is 0.278 e. The van der Waals surface area contributed by atoms with E-state index in [4.69, 9.17) is 0 Å². The van der Waals surface area contributed by atoms with Gasteiger partial charge in [0.25, 0.3) is 0 Å². The number of piperidine rings is 1. The fourth-order valence-corrected chi connectivity index (χ4v) is 3.01. The Morgan fingerprint density at radius 1 is 0.917 bits per heavy atom. The van der Waals surface area contributed by atoms with Crippen LogP contribution in [-0.4, -0.2) is 33.1 Å². The first-order chi connectivity index (χ1) is 11.9. The second-order valence-corrected chi connectivity index (χ2v) is 6.08. The highest BCUT2D eigenvalue weighted by molar-refractivity contribution is 5.85. The SMILES string of the molecule is c1ccc(Cn2nnc3c(N=NN4CCCCC4)cccc32)cc1. The van der Waals surface area contributed by atoms with E-state index in [1.165, 1.54) is 24.8 Å². The lowest BCUT2D eigenvalue weighted by Gasteiger charge is -2.21. The molecule has 3 aromatic rings. The molecule has 0 bridgehead atoms. The Labute approximate surface area is 140 Å². The van der Waals surface area contributed by atoms with E-state index in [0.29, 0.717) is 6.54 Å². The van der Waals surface area contributed by atoms with Crippen LogP contribution in [0.5, 0.6) is 0 Å². The van der Waals surface area contributed by atoms with Crippen LogP contribution in [0.15, 0.2) is 58.9 Å². The summed E-state index contributed by atoms with van der Waals surface area (Å²) in [6, 6.07) is 16.2. The summed E-state index contributed by atoms with van der Waals surface area (Å²) >= 11 is 0. The first-order valence-electron chi connectivity index (χ1n) is 8.43. The summed E-state index contributed by atoms with van der Waals surface area (Å²) < 4.78 is 1.91. The molecule has 2 aromatic carbocycles. The van der Waals surface area contributed by atoms with E-state index in [-0.39, 0.29) is 0 Å². The number of aromatic nitrogens is 3. The van der Waals surface area contributed by atoms with E-state index >= 15 is 0 Å². The Hall–Kier alpha value is -2.76. The maximum absolute atomic E-state index is 4.41. The molecule has 0 spiro atoms. The average molecular weight is 320 g/mol. The van der Waals surface area contributed by atoms with Gasteiger partial charge in [0.1, 0.15) is 11.2 Å². The van der Waals surface area contributed by atoms with Crippen LogP contribution in [0.1, 0.15) is 24.8 Å². The van der Waals surface area contributed by atoms with Crippen LogP contribution >= 0.6 is 0 Å². The summed E-state index contributed by atoms with van der Waals surface area (Å²) in [7, 11) is 0. The summed E-state index contributed by atoms with van der Waals surface area (Å²) in [6.45, 7) is 2.67. The van der Waals surface area contributed by atoms with Gasteiger partial charge in [0.05, 0.1) is 12.1 Å². The third-order valence-electron chi connectivity index (χ3n) is 4.31. The molecule has 2 heterocycles. The van der Waals surface area contributed by atoms with Crippen LogP contribution in [0.2, 0.25) is 0 Å². The molecule has 1 aliphatic rings. The van der Waals surface area contributed by atoms with Gasteiger partial charge in [-0.25, -0.2) is 4.68 Å². The highest BCUT2D eigenvalue weighted by Crippen LogP contribution is 2.25. The van der Waals surface area contributed by atoms with E-state index in [0.717, 1.165) is 29.8 Å². The Morgan fingerprint density at radius 3 is 2.58 bits per heavy atom. The van der Waals surface area contributed by atoms with Gasteiger partial charge in [0.15, 0.2) is 0 Å². The van der Waals surface area contributed by atoms with Crippen molar-refractivity contribution in [2.75, 3.05) is 13.1 Å². The summed E-state index contributed by atoms with van der Waals surface area (Å²) in [5.74, 6) is 0. The molecule has 122 valence electrons. The summed E-state index contributed by atoms with van der Waals surface area (Å²) in [5, 5.41) is 19.4. The Morgan fingerprint density at radius 2 is 1.75 bits per heavy atom. The second kappa shape index (κ2) is 6.78. The Kier molecular flexibility index (Phi) is 4.18. The van der Waals surface area contributed by atoms with E-state index in [2.05, 4.69) is 32.8 Å². The topological polar surface area (TPSA) is 58.7 Å². The standard InChI is InChI=1S/C18H20N6/c1-3-8-15(9-4-1)14-24-17-11-7-10-16(18(17)20-22-24)19-21-23-12-5-2-6-13-23/h1,3-4,7-11H,2,5-6,12-14H2. The fourth-order valence-electron chi connectivity index (χ4n) is 3.01. The van der Waals surface area contributed by atoms with Gasteiger partial charge in [-0.3, -0.25) is 5.01 Å². The monoisotopic (exact) mass is 320 g/mol. The lowest BCUT2D eigenvalue weighted by Crippen LogP contribution is -2.23. The molecule has 4 rings (SSSR count). The normalized spacial score (nSPS) is 15.4. The number of fused-ring (bicyclic) bond motifs is 1. The van der Waals surface area contributed by atoms with E-state index in [1.807, 2.05) is 46.1 Å². The molecule has 0 aliphatic carbocycles. The van der Waals surface area contributed by atoms with Crippen molar-refractivity contribution < 1.29 is 0 Å². The lowest BCUT2D eigenvalue weighted by atomic mass is 10.2. The van der Waals surface area contributed by atoms with Crippen LogP contribution in [0.25, 0.3) is 11.0 Å². The average Bonchev–Trinajstić information content (AvgIpc) is 3.05. The highest BCUT2D eigenvalue weighted by atomic mass is 15.5. The molecule has 0 atom stereocenters. The number of nitrogens with zero attached hydrogens (tertiary/aromatic N) is 6. The van der Waals surface area contributed by atoms with Crippen LogP contribution in [0.4, 0.5) is 5.69 Å². The predicted octanol–water partition coefficient (Wildman–Crippen LogP) is 3.96. The molecule has 6 heteroatoms. The minimum absolute atomic E-state index is 0.698. The van der Waals surface area contributed by atoms with Gasteiger partial charge in [0.2, 0.25) is 0 Å². The highest BCUT2D eigenvalue weighted by Gasteiger charge is 2.11. The first kappa shape index (κ1) is 14.8. The maximum Gasteiger partial charge on any atom is 0.140 e. The van der Waals surface area contributed by atoms with Crippen LogP contribution in [0.3, 0.4) is 0 Å².